The summed E-state index contributed by atoms with van der Waals surface area (Å²) in [6, 6.07) is 6.29. The van der Waals surface area contributed by atoms with Gasteiger partial charge in [-0.2, -0.15) is 11.8 Å². The maximum absolute atomic E-state index is 12.4. The first kappa shape index (κ1) is 16.8. The summed E-state index contributed by atoms with van der Waals surface area (Å²) in [7, 11) is -3.43. The number of sulfonamides is 1. The lowest BCUT2D eigenvalue weighted by atomic mass is 10.1. The minimum Gasteiger partial charge on any atom is -0.310 e. The summed E-state index contributed by atoms with van der Waals surface area (Å²) >= 11 is 1.65. The molecule has 2 N–H and O–H groups in total. The van der Waals surface area contributed by atoms with Gasteiger partial charge < -0.3 is 5.32 Å². The number of hydrogen-bond donors (Lipinski definition) is 2. The molecule has 1 unspecified atom stereocenters. The summed E-state index contributed by atoms with van der Waals surface area (Å²) in [4.78, 5) is 0.394. The Balaban J connectivity index is 2.10. The summed E-state index contributed by atoms with van der Waals surface area (Å²) in [6.07, 6.45) is 4.44. The van der Waals surface area contributed by atoms with E-state index in [2.05, 4.69) is 10.0 Å². The molecule has 1 aliphatic rings. The lowest BCUT2D eigenvalue weighted by Gasteiger charge is -2.13. The normalized spacial score (nSPS) is 16.9. The van der Waals surface area contributed by atoms with Gasteiger partial charge in [0, 0.05) is 24.4 Å². The predicted octanol–water partition coefficient (Wildman–Crippen LogP) is 2.28. The smallest absolute Gasteiger partial charge is 0.240 e. The van der Waals surface area contributed by atoms with Gasteiger partial charge in [-0.25, -0.2) is 13.1 Å². The van der Waals surface area contributed by atoms with Crippen molar-refractivity contribution in [2.75, 3.05) is 12.8 Å². The van der Waals surface area contributed by atoms with E-state index in [0.29, 0.717) is 17.5 Å². The Morgan fingerprint density at radius 2 is 2.10 bits per heavy atom. The van der Waals surface area contributed by atoms with Gasteiger partial charge in [0.05, 0.1) is 4.90 Å². The maximum atomic E-state index is 12.4. The van der Waals surface area contributed by atoms with Crippen molar-refractivity contribution >= 4 is 21.8 Å². The van der Waals surface area contributed by atoms with Crippen molar-refractivity contribution in [1.82, 2.24) is 10.0 Å². The largest absolute Gasteiger partial charge is 0.310 e. The molecule has 0 aliphatic heterocycles. The molecule has 1 aliphatic carbocycles. The summed E-state index contributed by atoms with van der Waals surface area (Å²) in [5, 5.41) is 3.68. The third-order valence-electron chi connectivity index (χ3n) is 3.68. The number of hydrogen-bond acceptors (Lipinski definition) is 4. The van der Waals surface area contributed by atoms with Crippen LogP contribution in [0.2, 0.25) is 0 Å². The molecule has 1 saturated carbocycles. The van der Waals surface area contributed by atoms with Gasteiger partial charge in [-0.1, -0.05) is 19.1 Å². The van der Waals surface area contributed by atoms with Gasteiger partial charge in [0.1, 0.15) is 0 Å². The average Bonchev–Trinajstić information content (AvgIpc) is 3.28. The molecule has 0 spiro atoms. The highest BCUT2D eigenvalue weighted by Gasteiger charge is 2.21. The van der Waals surface area contributed by atoms with E-state index in [1.54, 1.807) is 17.8 Å². The molecule has 0 amide bonds. The highest BCUT2D eigenvalue weighted by atomic mass is 32.2. The van der Waals surface area contributed by atoms with Crippen LogP contribution in [0.5, 0.6) is 0 Å². The standard InChI is InChI=1S/C15H24N2O2S2/c1-11-4-5-13(10-16-14-6-7-14)8-15(11)21(18,19)17-9-12(2)20-3/h4-5,8,12,14,16-17H,6-7,9-10H2,1-3H3. The lowest BCUT2D eigenvalue weighted by Crippen LogP contribution is -2.30. The number of benzene rings is 1. The first-order chi connectivity index (χ1) is 9.92. The van der Waals surface area contributed by atoms with Crippen LogP contribution >= 0.6 is 11.8 Å². The molecular formula is C15H24N2O2S2. The van der Waals surface area contributed by atoms with Crippen molar-refractivity contribution in [2.24, 2.45) is 0 Å². The maximum Gasteiger partial charge on any atom is 0.240 e. The fraction of sp³-hybridized carbons (Fsp3) is 0.600. The monoisotopic (exact) mass is 328 g/mol. The molecule has 4 nitrogen and oxygen atoms in total. The van der Waals surface area contributed by atoms with Crippen LogP contribution in [0.15, 0.2) is 23.1 Å². The molecule has 1 atom stereocenters. The van der Waals surface area contributed by atoms with Gasteiger partial charge in [0.15, 0.2) is 0 Å². The average molecular weight is 329 g/mol. The molecule has 118 valence electrons. The quantitative estimate of drug-likeness (QED) is 0.769. The fourth-order valence-electron chi connectivity index (χ4n) is 1.98. The second-order valence-electron chi connectivity index (χ2n) is 5.65. The summed E-state index contributed by atoms with van der Waals surface area (Å²) in [5.74, 6) is 0. The Kier molecular flexibility index (Phi) is 5.71. The molecule has 1 aromatic carbocycles. The van der Waals surface area contributed by atoms with Crippen LogP contribution in [0.1, 0.15) is 30.9 Å². The Morgan fingerprint density at radius 1 is 1.38 bits per heavy atom. The van der Waals surface area contributed by atoms with E-state index in [1.807, 2.05) is 32.2 Å². The van der Waals surface area contributed by atoms with Crippen LogP contribution in [-0.4, -0.2) is 32.5 Å². The summed E-state index contributed by atoms with van der Waals surface area (Å²) in [6.45, 7) is 5.03. The molecule has 6 heteroatoms. The first-order valence-electron chi connectivity index (χ1n) is 7.27. The third kappa shape index (κ3) is 4.98. The Labute approximate surface area is 132 Å². The molecule has 1 aromatic rings. The summed E-state index contributed by atoms with van der Waals surface area (Å²) < 4.78 is 27.6. The van der Waals surface area contributed by atoms with Gasteiger partial charge in [-0.3, -0.25) is 0 Å². The van der Waals surface area contributed by atoms with Gasteiger partial charge in [-0.05, 0) is 43.2 Å². The van der Waals surface area contributed by atoms with E-state index in [0.717, 1.165) is 17.7 Å². The van der Waals surface area contributed by atoms with Crippen LogP contribution in [0.25, 0.3) is 0 Å². The molecular weight excluding hydrogens is 304 g/mol. The second-order valence-corrected chi connectivity index (χ2v) is 8.66. The molecule has 0 aromatic heterocycles. The van der Waals surface area contributed by atoms with Gasteiger partial charge in [-0.15, -0.1) is 0 Å². The predicted molar refractivity (Wildman–Crippen MR) is 89.2 cm³/mol. The van der Waals surface area contributed by atoms with Crippen molar-refractivity contribution in [1.29, 1.82) is 0 Å². The Bertz CT molecular complexity index is 583. The third-order valence-corrected chi connectivity index (χ3v) is 6.21. The molecule has 21 heavy (non-hydrogen) atoms. The van der Waals surface area contributed by atoms with E-state index in [4.69, 9.17) is 0 Å². The van der Waals surface area contributed by atoms with Crippen LogP contribution in [0.3, 0.4) is 0 Å². The van der Waals surface area contributed by atoms with Crippen LogP contribution in [0, 0.1) is 6.92 Å². The number of thioether (sulfide) groups is 1. The molecule has 0 bridgehead atoms. The zero-order chi connectivity index (χ0) is 15.5. The van der Waals surface area contributed by atoms with Crippen LogP contribution < -0.4 is 10.0 Å². The van der Waals surface area contributed by atoms with Crippen molar-refractivity contribution in [2.45, 2.75) is 49.4 Å². The number of nitrogens with one attached hydrogen (secondary N) is 2. The van der Waals surface area contributed by atoms with Gasteiger partial charge in [0.25, 0.3) is 0 Å². The molecule has 0 saturated heterocycles. The number of rotatable bonds is 8. The van der Waals surface area contributed by atoms with E-state index < -0.39 is 10.0 Å². The van der Waals surface area contributed by atoms with Crippen LogP contribution in [-0.2, 0) is 16.6 Å². The molecule has 0 heterocycles. The highest BCUT2D eigenvalue weighted by Crippen LogP contribution is 2.21. The van der Waals surface area contributed by atoms with Crippen molar-refractivity contribution in [3.05, 3.63) is 29.3 Å². The SMILES string of the molecule is CSC(C)CNS(=O)(=O)c1cc(CNC2CC2)ccc1C. The molecule has 0 radical (unpaired) electrons. The first-order valence-corrected chi connectivity index (χ1v) is 10.0. The van der Waals surface area contributed by atoms with E-state index in [-0.39, 0.29) is 5.25 Å². The Hall–Kier alpha value is -0.560. The van der Waals surface area contributed by atoms with Crippen molar-refractivity contribution < 1.29 is 8.42 Å². The van der Waals surface area contributed by atoms with Gasteiger partial charge >= 0.3 is 0 Å². The zero-order valence-corrected chi connectivity index (χ0v) is 14.5. The Morgan fingerprint density at radius 3 is 2.71 bits per heavy atom. The number of aryl methyl sites for hydroxylation is 1. The topological polar surface area (TPSA) is 58.2 Å². The van der Waals surface area contributed by atoms with E-state index in [1.165, 1.54) is 12.8 Å². The zero-order valence-electron chi connectivity index (χ0n) is 12.8. The second kappa shape index (κ2) is 7.13. The molecule has 1 fully saturated rings. The highest BCUT2D eigenvalue weighted by molar-refractivity contribution is 7.99. The minimum absolute atomic E-state index is 0.264. The van der Waals surface area contributed by atoms with E-state index in [9.17, 15) is 8.42 Å². The summed E-state index contributed by atoms with van der Waals surface area (Å²) in [5.41, 5.74) is 1.81. The van der Waals surface area contributed by atoms with Crippen LogP contribution in [0.4, 0.5) is 0 Å². The fourth-order valence-corrected chi connectivity index (χ4v) is 3.76. The van der Waals surface area contributed by atoms with Crippen molar-refractivity contribution in [3.63, 3.8) is 0 Å². The minimum atomic E-state index is -3.43. The van der Waals surface area contributed by atoms with Gasteiger partial charge in [0.2, 0.25) is 10.0 Å². The van der Waals surface area contributed by atoms with E-state index >= 15 is 0 Å². The molecule has 2 rings (SSSR count). The van der Waals surface area contributed by atoms with Crippen molar-refractivity contribution in [3.8, 4) is 0 Å². The lowest BCUT2D eigenvalue weighted by molar-refractivity contribution is 0.580.